The van der Waals surface area contributed by atoms with Gasteiger partial charge in [-0.1, -0.05) is 0 Å². The first kappa shape index (κ1) is 18.7. The number of aromatic nitrogens is 3. The summed E-state index contributed by atoms with van der Waals surface area (Å²) in [4.78, 5) is 18.6. The van der Waals surface area contributed by atoms with E-state index in [9.17, 15) is 4.79 Å². The van der Waals surface area contributed by atoms with E-state index in [1.165, 1.54) is 0 Å². The number of furan rings is 1. The van der Waals surface area contributed by atoms with Gasteiger partial charge in [0.05, 0.1) is 29.9 Å². The second kappa shape index (κ2) is 8.05. The second-order valence-corrected chi connectivity index (χ2v) is 6.57. The van der Waals surface area contributed by atoms with Gasteiger partial charge in [0.1, 0.15) is 5.76 Å². The van der Waals surface area contributed by atoms with Crippen LogP contribution in [0.25, 0.3) is 5.82 Å². The van der Waals surface area contributed by atoms with E-state index in [0.717, 1.165) is 17.1 Å². The predicted molar refractivity (Wildman–Crippen MR) is 103 cm³/mol. The molecule has 0 aromatic carbocycles. The Balaban J connectivity index is 1.58. The number of hydrogen-bond acceptors (Lipinski definition) is 5. The van der Waals surface area contributed by atoms with Gasteiger partial charge in [-0.2, -0.15) is 5.10 Å². The molecule has 2 amide bonds. The molecule has 0 saturated heterocycles. The van der Waals surface area contributed by atoms with Crippen LogP contribution < -0.4 is 10.6 Å². The molecule has 3 aromatic heterocycles. The van der Waals surface area contributed by atoms with E-state index >= 15 is 0 Å². The zero-order chi connectivity index (χ0) is 19.4. The van der Waals surface area contributed by atoms with Gasteiger partial charge in [0.25, 0.3) is 0 Å². The van der Waals surface area contributed by atoms with Gasteiger partial charge in [-0.15, -0.1) is 0 Å². The SMILES string of the molecule is Cc1cc(C)n(-c2ccc(NC(=O)NC[C@H](c3ccco3)N(C)C)cn2)n1. The first-order valence-corrected chi connectivity index (χ1v) is 8.68. The van der Waals surface area contributed by atoms with Gasteiger partial charge in [0.2, 0.25) is 0 Å². The number of nitrogens with zero attached hydrogens (tertiary/aromatic N) is 4. The molecule has 1 atom stereocenters. The van der Waals surface area contributed by atoms with E-state index in [0.29, 0.717) is 18.1 Å². The van der Waals surface area contributed by atoms with Crippen LogP contribution >= 0.6 is 0 Å². The minimum atomic E-state index is -0.297. The lowest BCUT2D eigenvalue weighted by Crippen LogP contribution is -2.36. The van der Waals surface area contributed by atoms with Crippen LogP contribution in [-0.2, 0) is 0 Å². The third kappa shape index (κ3) is 4.53. The van der Waals surface area contributed by atoms with Crippen LogP contribution in [0, 0.1) is 13.8 Å². The molecule has 8 nitrogen and oxygen atoms in total. The lowest BCUT2D eigenvalue weighted by Gasteiger charge is -2.22. The molecular weight excluding hydrogens is 344 g/mol. The Morgan fingerprint density at radius 1 is 1.30 bits per heavy atom. The van der Waals surface area contributed by atoms with Crippen LogP contribution in [0.1, 0.15) is 23.2 Å². The zero-order valence-electron chi connectivity index (χ0n) is 15.9. The highest BCUT2D eigenvalue weighted by Gasteiger charge is 2.17. The smallest absolute Gasteiger partial charge is 0.319 e. The molecule has 2 N–H and O–H groups in total. The van der Waals surface area contributed by atoms with Crippen molar-refractivity contribution in [3.63, 3.8) is 0 Å². The number of likely N-dealkylation sites (N-methyl/N-ethyl adjacent to an activating group) is 1. The molecule has 0 aliphatic rings. The van der Waals surface area contributed by atoms with E-state index in [1.807, 2.05) is 57.1 Å². The largest absolute Gasteiger partial charge is 0.468 e. The summed E-state index contributed by atoms with van der Waals surface area (Å²) in [6.07, 6.45) is 3.24. The van der Waals surface area contributed by atoms with Crippen molar-refractivity contribution >= 4 is 11.7 Å². The molecule has 0 spiro atoms. The maximum Gasteiger partial charge on any atom is 0.319 e. The van der Waals surface area contributed by atoms with Crippen molar-refractivity contribution in [1.82, 2.24) is 25.0 Å². The molecule has 27 heavy (non-hydrogen) atoms. The molecule has 142 valence electrons. The third-order valence-corrected chi connectivity index (χ3v) is 4.18. The van der Waals surface area contributed by atoms with E-state index in [-0.39, 0.29) is 12.1 Å². The van der Waals surface area contributed by atoms with Gasteiger partial charge >= 0.3 is 6.03 Å². The van der Waals surface area contributed by atoms with Gasteiger partial charge in [-0.05, 0) is 58.3 Å². The summed E-state index contributed by atoms with van der Waals surface area (Å²) >= 11 is 0. The molecule has 0 bridgehead atoms. The fraction of sp³-hybridized carbons (Fsp3) is 0.316. The van der Waals surface area contributed by atoms with Crippen molar-refractivity contribution in [2.24, 2.45) is 0 Å². The Morgan fingerprint density at radius 2 is 2.11 bits per heavy atom. The third-order valence-electron chi connectivity index (χ3n) is 4.18. The lowest BCUT2D eigenvalue weighted by molar-refractivity contribution is 0.233. The topological polar surface area (TPSA) is 88.2 Å². The first-order valence-electron chi connectivity index (χ1n) is 8.68. The fourth-order valence-electron chi connectivity index (χ4n) is 2.83. The lowest BCUT2D eigenvalue weighted by atomic mass is 10.2. The maximum atomic E-state index is 12.2. The summed E-state index contributed by atoms with van der Waals surface area (Å²) in [5.74, 6) is 1.51. The van der Waals surface area contributed by atoms with E-state index in [2.05, 4.69) is 20.7 Å². The summed E-state index contributed by atoms with van der Waals surface area (Å²) < 4.78 is 7.21. The molecule has 3 heterocycles. The number of carbonyl (C=O) groups is 1. The van der Waals surface area contributed by atoms with E-state index in [4.69, 9.17) is 4.42 Å². The molecule has 0 saturated carbocycles. The Hall–Kier alpha value is -3.13. The second-order valence-electron chi connectivity index (χ2n) is 6.57. The van der Waals surface area contributed by atoms with Crippen molar-refractivity contribution in [1.29, 1.82) is 0 Å². The number of urea groups is 1. The van der Waals surface area contributed by atoms with Crippen molar-refractivity contribution in [3.05, 3.63) is 59.9 Å². The predicted octanol–water partition coefficient (Wildman–Crippen LogP) is 2.90. The number of carbonyl (C=O) groups excluding carboxylic acids is 1. The quantitative estimate of drug-likeness (QED) is 0.698. The van der Waals surface area contributed by atoms with Gasteiger partial charge in [-0.25, -0.2) is 14.5 Å². The zero-order valence-corrected chi connectivity index (χ0v) is 15.9. The van der Waals surface area contributed by atoms with Crippen molar-refractivity contribution in [2.75, 3.05) is 26.0 Å². The molecule has 3 aromatic rings. The van der Waals surface area contributed by atoms with Crippen molar-refractivity contribution in [2.45, 2.75) is 19.9 Å². The maximum absolute atomic E-state index is 12.2. The molecule has 0 aliphatic carbocycles. The Labute approximate surface area is 158 Å². The van der Waals surface area contributed by atoms with Gasteiger partial charge < -0.3 is 15.1 Å². The average molecular weight is 368 g/mol. The summed E-state index contributed by atoms with van der Waals surface area (Å²) in [5.41, 5.74) is 2.55. The van der Waals surface area contributed by atoms with Crippen LogP contribution in [0.2, 0.25) is 0 Å². The van der Waals surface area contributed by atoms with Gasteiger partial charge in [-0.3, -0.25) is 4.90 Å². The van der Waals surface area contributed by atoms with Crippen LogP contribution in [0.15, 0.2) is 47.2 Å². The summed E-state index contributed by atoms with van der Waals surface area (Å²) in [6, 6.07) is 9.00. The molecule has 3 rings (SSSR count). The highest BCUT2D eigenvalue weighted by atomic mass is 16.3. The highest BCUT2D eigenvalue weighted by molar-refractivity contribution is 5.89. The Kier molecular flexibility index (Phi) is 5.56. The molecule has 0 aliphatic heterocycles. The van der Waals surface area contributed by atoms with Crippen molar-refractivity contribution in [3.8, 4) is 5.82 Å². The Bertz CT molecular complexity index is 884. The number of hydrogen-bond donors (Lipinski definition) is 2. The number of rotatable bonds is 6. The monoisotopic (exact) mass is 368 g/mol. The molecule has 0 fully saturated rings. The van der Waals surface area contributed by atoms with Crippen LogP contribution in [0.5, 0.6) is 0 Å². The van der Waals surface area contributed by atoms with Gasteiger partial charge in [0.15, 0.2) is 5.82 Å². The fourth-order valence-corrected chi connectivity index (χ4v) is 2.83. The highest BCUT2D eigenvalue weighted by Crippen LogP contribution is 2.17. The normalized spacial score (nSPS) is 12.2. The number of nitrogens with one attached hydrogen (secondary N) is 2. The van der Waals surface area contributed by atoms with Crippen LogP contribution in [0.3, 0.4) is 0 Å². The van der Waals surface area contributed by atoms with E-state index in [1.54, 1.807) is 23.2 Å². The molecule has 0 radical (unpaired) electrons. The molecule has 0 unspecified atom stereocenters. The average Bonchev–Trinajstić information content (AvgIpc) is 3.25. The summed E-state index contributed by atoms with van der Waals surface area (Å²) in [7, 11) is 3.88. The number of amides is 2. The number of aryl methyl sites for hydroxylation is 2. The first-order chi connectivity index (χ1) is 12.9. The van der Waals surface area contributed by atoms with Crippen LogP contribution in [0.4, 0.5) is 10.5 Å². The standard InChI is InChI=1S/C19H24N6O2/c1-13-10-14(2)25(23-13)18-8-7-15(11-20-18)22-19(26)21-12-16(24(3)4)17-6-5-9-27-17/h5-11,16H,12H2,1-4H3,(H2,21,22,26)/t16-/m1/s1. The summed E-state index contributed by atoms with van der Waals surface area (Å²) in [5, 5.41) is 10.1. The molecule has 8 heteroatoms. The minimum absolute atomic E-state index is 0.0442. The Morgan fingerprint density at radius 3 is 2.67 bits per heavy atom. The van der Waals surface area contributed by atoms with Gasteiger partial charge in [0, 0.05) is 12.2 Å². The molecular formula is C19H24N6O2. The van der Waals surface area contributed by atoms with Crippen molar-refractivity contribution < 1.29 is 9.21 Å². The summed E-state index contributed by atoms with van der Waals surface area (Å²) in [6.45, 7) is 4.33. The van der Waals surface area contributed by atoms with E-state index < -0.39 is 0 Å². The van der Waals surface area contributed by atoms with Crippen LogP contribution in [-0.4, -0.2) is 46.3 Å². The minimum Gasteiger partial charge on any atom is -0.468 e. The number of anilines is 1. The number of pyridine rings is 1.